The minimum Gasteiger partial charge on any atom is -0.493 e. The van der Waals surface area contributed by atoms with E-state index in [0.29, 0.717) is 30.2 Å². The van der Waals surface area contributed by atoms with Gasteiger partial charge in [0, 0.05) is 36.5 Å². The Morgan fingerprint density at radius 2 is 1.77 bits per heavy atom. The van der Waals surface area contributed by atoms with Gasteiger partial charge in [0.2, 0.25) is 5.91 Å². The molecule has 30 heavy (non-hydrogen) atoms. The largest absolute Gasteiger partial charge is 0.493 e. The van der Waals surface area contributed by atoms with Crippen LogP contribution in [0.4, 0.5) is 11.4 Å². The fraction of sp³-hybridized carbons (Fsp3) is 0.417. The number of carbonyl (C=O) groups is 2. The van der Waals surface area contributed by atoms with Gasteiger partial charge in [0.15, 0.2) is 0 Å². The molecule has 1 amide bonds. The molecular formula is C24H32N2O4. The zero-order valence-corrected chi connectivity index (χ0v) is 18.5. The monoisotopic (exact) mass is 412 g/mol. The number of carboxylic acids is 1. The second kappa shape index (κ2) is 10.1. The van der Waals surface area contributed by atoms with Crippen molar-refractivity contribution in [3.8, 4) is 5.75 Å². The highest BCUT2D eigenvalue weighted by Crippen LogP contribution is 2.29. The molecule has 3 N–H and O–H groups in total. The maximum Gasteiger partial charge on any atom is 0.336 e. The van der Waals surface area contributed by atoms with Crippen LogP contribution in [0, 0.1) is 0 Å². The SMILES string of the molecule is CCCCOc1cc(NC(C)=O)ccc1CNc1ccc(C(C)(C)C)c(C(=O)O)c1. The van der Waals surface area contributed by atoms with Gasteiger partial charge in [0.1, 0.15) is 5.75 Å². The molecule has 0 atom stereocenters. The highest BCUT2D eigenvalue weighted by molar-refractivity contribution is 5.91. The van der Waals surface area contributed by atoms with Crippen LogP contribution >= 0.6 is 0 Å². The van der Waals surface area contributed by atoms with Gasteiger partial charge in [-0.3, -0.25) is 4.79 Å². The van der Waals surface area contributed by atoms with Crippen LogP contribution in [-0.2, 0) is 16.8 Å². The van der Waals surface area contributed by atoms with Crippen LogP contribution in [0.1, 0.15) is 68.9 Å². The summed E-state index contributed by atoms with van der Waals surface area (Å²) in [6.45, 7) is 10.6. The zero-order valence-electron chi connectivity index (χ0n) is 18.5. The molecule has 0 saturated heterocycles. The van der Waals surface area contributed by atoms with Crippen LogP contribution in [0.3, 0.4) is 0 Å². The zero-order chi connectivity index (χ0) is 22.3. The van der Waals surface area contributed by atoms with E-state index in [2.05, 4.69) is 17.6 Å². The van der Waals surface area contributed by atoms with Crippen molar-refractivity contribution in [2.24, 2.45) is 0 Å². The number of ether oxygens (including phenoxy) is 1. The van der Waals surface area contributed by atoms with Gasteiger partial charge in [-0.25, -0.2) is 4.79 Å². The van der Waals surface area contributed by atoms with E-state index < -0.39 is 5.97 Å². The molecule has 162 valence electrons. The first-order valence-corrected chi connectivity index (χ1v) is 10.3. The average Bonchev–Trinajstić information content (AvgIpc) is 2.66. The van der Waals surface area contributed by atoms with E-state index in [-0.39, 0.29) is 11.3 Å². The second-order valence-electron chi connectivity index (χ2n) is 8.37. The molecule has 0 aliphatic carbocycles. The van der Waals surface area contributed by atoms with Gasteiger partial charge in [0.05, 0.1) is 12.2 Å². The highest BCUT2D eigenvalue weighted by atomic mass is 16.5. The molecule has 0 aliphatic heterocycles. The Kier molecular flexibility index (Phi) is 7.86. The molecule has 0 aliphatic rings. The van der Waals surface area contributed by atoms with Gasteiger partial charge >= 0.3 is 5.97 Å². The third kappa shape index (κ3) is 6.51. The fourth-order valence-electron chi connectivity index (χ4n) is 3.12. The Hall–Kier alpha value is -3.02. The van der Waals surface area contributed by atoms with Gasteiger partial charge in [-0.2, -0.15) is 0 Å². The highest BCUT2D eigenvalue weighted by Gasteiger charge is 2.21. The first kappa shape index (κ1) is 23.3. The maximum absolute atomic E-state index is 11.7. The quantitative estimate of drug-likeness (QED) is 0.478. The lowest BCUT2D eigenvalue weighted by molar-refractivity contribution is -0.114. The number of unbranched alkanes of at least 4 members (excludes halogenated alkanes) is 1. The number of rotatable bonds is 9. The number of nitrogens with one attached hydrogen (secondary N) is 2. The minimum atomic E-state index is -0.938. The Morgan fingerprint density at radius 3 is 2.37 bits per heavy atom. The topological polar surface area (TPSA) is 87.7 Å². The number of hydrogen-bond acceptors (Lipinski definition) is 4. The van der Waals surface area contributed by atoms with Crippen molar-refractivity contribution in [1.29, 1.82) is 0 Å². The number of benzene rings is 2. The molecule has 0 unspecified atom stereocenters. The van der Waals surface area contributed by atoms with E-state index in [9.17, 15) is 14.7 Å². The molecule has 6 nitrogen and oxygen atoms in total. The first-order chi connectivity index (χ1) is 14.1. The van der Waals surface area contributed by atoms with Crippen molar-refractivity contribution in [2.45, 2.75) is 59.4 Å². The molecule has 0 aromatic heterocycles. The van der Waals surface area contributed by atoms with E-state index in [0.717, 1.165) is 29.7 Å². The summed E-state index contributed by atoms with van der Waals surface area (Å²) in [6, 6.07) is 11.0. The van der Waals surface area contributed by atoms with Crippen LogP contribution in [0.2, 0.25) is 0 Å². The molecule has 2 aromatic carbocycles. The third-order valence-electron chi connectivity index (χ3n) is 4.68. The summed E-state index contributed by atoms with van der Waals surface area (Å²) in [6.07, 6.45) is 1.96. The molecule has 0 saturated carbocycles. The number of amides is 1. The van der Waals surface area contributed by atoms with Crippen LogP contribution in [0.5, 0.6) is 5.75 Å². The molecule has 0 bridgehead atoms. The number of aromatic carboxylic acids is 1. The molecule has 2 aromatic rings. The summed E-state index contributed by atoms with van der Waals surface area (Å²) in [5, 5.41) is 15.7. The van der Waals surface area contributed by atoms with E-state index in [1.807, 2.05) is 51.1 Å². The smallest absolute Gasteiger partial charge is 0.336 e. The summed E-state index contributed by atoms with van der Waals surface area (Å²) in [5.41, 5.74) is 3.17. The van der Waals surface area contributed by atoms with E-state index >= 15 is 0 Å². The second-order valence-corrected chi connectivity index (χ2v) is 8.37. The normalized spacial score (nSPS) is 11.1. The summed E-state index contributed by atoms with van der Waals surface area (Å²) in [7, 11) is 0. The third-order valence-corrected chi connectivity index (χ3v) is 4.68. The Balaban J connectivity index is 2.24. The average molecular weight is 413 g/mol. The lowest BCUT2D eigenvalue weighted by Crippen LogP contribution is -2.17. The minimum absolute atomic E-state index is 0.138. The van der Waals surface area contributed by atoms with Crippen LogP contribution in [0.25, 0.3) is 0 Å². The van der Waals surface area contributed by atoms with Crippen LogP contribution < -0.4 is 15.4 Å². The van der Waals surface area contributed by atoms with E-state index in [1.165, 1.54) is 6.92 Å². The molecule has 0 spiro atoms. The fourth-order valence-corrected chi connectivity index (χ4v) is 3.12. The van der Waals surface area contributed by atoms with Crippen molar-refractivity contribution in [1.82, 2.24) is 0 Å². The van der Waals surface area contributed by atoms with E-state index in [4.69, 9.17) is 4.74 Å². The summed E-state index contributed by atoms with van der Waals surface area (Å²) in [4.78, 5) is 23.1. The number of hydrogen-bond donors (Lipinski definition) is 3. The standard InChI is InChI=1S/C24H32N2O4/c1-6-7-12-30-22-14-19(26-16(2)27)9-8-17(22)15-25-18-10-11-21(24(3,4)5)20(13-18)23(28)29/h8-11,13-14,25H,6-7,12,15H2,1-5H3,(H,26,27)(H,28,29). The lowest BCUT2D eigenvalue weighted by Gasteiger charge is -2.22. The van der Waals surface area contributed by atoms with Crippen molar-refractivity contribution in [3.05, 3.63) is 53.1 Å². The molecule has 0 heterocycles. The summed E-state index contributed by atoms with van der Waals surface area (Å²) >= 11 is 0. The molecule has 2 rings (SSSR count). The van der Waals surface area contributed by atoms with Gasteiger partial charge in [0.25, 0.3) is 0 Å². The molecular weight excluding hydrogens is 380 g/mol. The predicted molar refractivity (Wildman–Crippen MR) is 121 cm³/mol. The Labute approximate surface area is 178 Å². The van der Waals surface area contributed by atoms with Gasteiger partial charge < -0.3 is 20.5 Å². The summed E-state index contributed by atoms with van der Waals surface area (Å²) < 4.78 is 5.93. The number of carbonyl (C=O) groups excluding carboxylic acids is 1. The lowest BCUT2D eigenvalue weighted by atomic mass is 9.83. The Morgan fingerprint density at radius 1 is 1.07 bits per heavy atom. The van der Waals surface area contributed by atoms with E-state index in [1.54, 1.807) is 6.07 Å². The number of carboxylic acid groups (broad SMARTS) is 1. The van der Waals surface area contributed by atoms with Gasteiger partial charge in [-0.05, 0) is 35.6 Å². The van der Waals surface area contributed by atoms with Crippen molar-refractivity contribution in [2.75, 3.05) is 17.2 Å². The Bertz CT molecular complexity index is 901. The molecule has 0 radical (unpaired) electrons. The molecule has 0 fully saturated rings. The van der Waals surface area contributed by atoms with Crippen molar-refractivity contribution in [3.63, 3.8) is 0 Å². The van der Waals surface area contributed by atoms with Crippen LogP contribution in [-0.4, -0.2) is 23.6 Å². The summed E-state index contributed by atoms with van der Waals surface area (Å²) in [5.74, 6) is -0.376. The predicted octanol–water partition coefficient (Wildman–Crippen LogP) is 5.43. The van der Waals surface area contributed by atoms with Crippen molar-refractivity contribution < 1.29 is 19.4 Å². The maximum atomic E-state index is 11.7. The molecule has 6 heteroatoms. The number of anilines is 2. The first-order valence-electron chi connectivity index (χ1n) is 10.3. The van der Waals surface area contributed by atoms with Gasteiger partial charge in [-0.1, -0.05) is 46.2 Å². The van der Waals surface area contributed by atoms with Crippen LogP contribution in [0.15, 0.2) is 36.4 Å². The van der Waals surface area contributed by atoms with Crippen molar-refractivity contribution >= 4 is 23.3 Å². The van der Waals surface area contributed by atoms with Gasteiger partial charge in [-0.15, -0.1) is 0 Å².